The fourth-order valence-electron chi connectivity index (χ4n) is 1.25. The van der Waals surface area contributed by atoms with Crippen LogP contribution in [0.5, 0.6) is 0 Å². The summed E-state index contributed by atoms with van der Waals surface area (Å²) >= 11 is 0. The van der Waals surface area contributed by atoms with Crippen molar-refractivity contribution in [1.82, 2.24) is 5.32 Å². The quantitative estimate of drug-likeness (QED) is 0.661. The van der Waals surface area contributed by atoms with Crippen molar-refractivity contribution in [2.24, 2.45) is 11.8 Å². The summed E-state index contributed by atoms with van der Waals surface area (Å²) in [6.07, 6.45) is 0. The second-order valence-electron chi connectivity index (χ2n) is 4.21. The molecule has 0 bridgehead atoms. The summed E-state index contributed by atoms with van der Waals surface area (Å²) in [5.41, 5.74) is 0. The van der Waals surface area contributed by atoms with E-state index in [-0.39, 0.29) is 0 Å². The van der Waals surface area contributed by atoms with Crippen LogP contribution in [0.25, 0.3) is 0 Å². The molecule has 0 aromatic carbocycles. The van der Waals surface area contributed by atoms with Gasteiger partial charge in [0.2, 0.25) is 0 Å². The van der Waals surface area contributed by atoms with E-state index in [1.54, 1.807) is 0 Å². The summed E-state index contributed by atoms with van der Waals surface area (Å²) < 4.78 is 0. The Morgan fingerprint density at radius 2 is 1.27 bits per heavy atom. The van der Waals surface area contributed by atoms with Gasteiger partial charge in [-0.1, -0.05) is 34.6 Å². The zero-order valence-corrected chi connectivity index (χ0v) is 8.81. The van der Waals surface area contributed by atoms with Gasteiger partial charge in [-0.2, -0.15) is 0 Å². The van der Waals surface area contributed by atoms with Gasteiger partial charge in [-0.15, -0.1) is 0 Å². The minimum atomic E-state index is 0.603. The lowest BCUT2D eigenvalue weighted by Gasteiger charge is -2.26. The molecule has 1 nitrogen and oxygen atoms in total. The van der Waals surface area contributed by atoms with Crippen LogP contribution in [-0.2, 0) is 0 Å². The molecule has 0 aliphatic carbocycles. The zero-order chi connectivity index (χ0) is 9.02. The highest BCUT2D eigenvalue weighted by Gasteiger charge is 2.15. The first-order valence-electron chi connectivity index (χ1n) is 4.71. The third kappa shape index (κ3) is 4.41. The smallest absolute Gasteiger partial charge is 0.00691 e. The highest BCUT2D eigenvalue weighted by atomic mass is 14.9. The summed E-state index contributed by atoms with van der Waals surface area (Å²) in [7, 11) is 0. The van der Waals surface area contributed by atoms with Crippen LogP contribution < -0.4 is 5.32 Å². The van der Waals surface area contributed by atoms with Gasteiger partial charge in [0.1, 0.15) is 0 Å². The van der Waals surface area contributed by atoms with Crippen LogP contribution >= 0.6 is 0 Å². The van der Waals surface area contributed by atoms with Crippen LogP contribution in [-0.4, -0.2) is 12.1 Å². The molecule has 0 aliphatic rings. The average molecular weight is 157 g/mol. The predicted octanol–water partition coefficient (Wildman–Crippen LogP) is 2.67. The minimum Gasteiger partial charge on any atom is -0.312 e. The van der Waals surface area contributed by atoms with Crippen molar-refractivity contribution in [1.29, 1.82) is 0 Å². The number of rotatable bonds is 4. The van der Waals surface area contributed by atoms with Gasteiger partial charge in [-0.05, 0) is 18.8 Å². The molecule has 2 atom stereocenters. The molecule has 0 amide bonds. The molecule has 1 N–H and O–H groups in total. The first kappa shape index (κ1) is 11.0. The first-order chi connectivity index (χ1) is 4.95. The maximum atomic E-state index is 3.52. The molecule has 0 rings (SSSR count). The molecule has 68 valence electrons. The Morgan fingerprint density at radius 3 is 1.55 bits per heavy atom. The number of nitrogens with one attached hydrogen (secondary N) is 1. The fourth-order valence-corrected chi connectivity index (χ4v) is 1.25. The van der Waals surface area contributed by atoms with Crippen LogP contribution in [0.15, 0.2) is 0 Å². The van der Waals surface area contributed by atoms with E-state index in [4.69, 9.17) is 0 Å². The molecule has 0 unspecified atom stereocenters. The molecule has 0 saturated heterocycles. The maximum absolute atomic E-state index is 3.52. The predicted molar refractivity (Wildman–Crippen MR) is 51.7 cm³/mol. The summed E-state index contributed by atoms with van der Waals surface area (Å²) in [5.74, 6) is 1.54. The van der Waals surface area contributed by atoms with Crippen molar-refractivity contribution in [2.75, 3.05) is 0 Å². The average Bonchev–Trinajstić information content (AvgIpc) is 1.84. The highest BCUT2D eigenvalue weighted by molar-refractivity contribution is 4.72. The summed E-state index contributed by atoms with van der Waals surface area (Å²) in [4.78, 5) is 0. The molecular formula is C10H23N. The Balaban J connectivity index is 3.73. The lowest BCUT2D eigenvalue weighted by molar-refractivity contribution is 0.301. The maximum Gasteiger partial charge on any atom is 0.00691 e. The molecular weight excluding hydrogens is 134 g/mol. The molecule has 0 aromatic heterocycles. The third-order valence-electron chi connectivity index (χ3n) is 2.44. The molecule has 0 heterocycles. The van der Waals surface area contributed by atoms with Gasteiger partial charge < -0.3 is 5.32 Å². The molecule has 0 saturated carbocycles. The van der Waals surface area contributed by atoms with Gasteiger partial charge in [-0.3, -0.25) is 0 Å². The number of hydrogen-bond donors (Lipinski definition) is 1. The minimum absolute atomic E-state index is 0.603. The summed E-state index contributed by atoms with van der Waals surface area (Å²) in [5, 5.41) is 3.52. The summed E-state index contributed by atoms with van der Waals surface area (Å²) in [6, 6.07) is 1.24. The SMILES string of the molecule is CC(C)N[C@H](C)[C@H](C)C(C)C. The van der Waals surface area contributed by atoms with Gasteiger partial charge in [0.15, 0.2) is 0 Å². The van der Waals surface area contributed by atoms with E-state index in [0.29, 0.717) is 12.1 Å². The van der Waals surface area contributed by atoms with Crippen molar-refractivity contribution >= 4 is 0 Å². The Labute approximate surface area is 71.6 Å². The molecule has 0 aromatic rings. The van der Waals surface area contributed by atoms with E-state index in [1.807, 2.05) is 0 Å². The van der Waals surface area contributed by atoms with E-state index < -0.39 is 0 Å². The van der Waals surface area contributed by atoms with Gasteiger partial charge in [-0.25, -0.2) is 0 Å². The second-order valence-corrected chi connectivity index (χ2v) is 4.21. The Kier molecular flexibility index (Phi) is 4.74. The van der Waals surface area contributed by atoms with Crippen molar-refractivity contribution in [2.45, 2.75) is 53.6 Å². The molecule has 0 radical (unpaired) electrons. The van der Waals surface area contributed by atoms with Gasteiger partial charge in [0.05, 0.1) is 0 Å². The zero-order valence-electron chi connectivity index (χ0n) is 8.81. The van der Waals surface area contributed by atoms with Gasteiger partial charge in [0.25, 0.3) is 0 Å². The standard InChI is InChI=1S/C10H23N/c1-7(2)9(5)10(6)11-8(3)4/h7-11H,1-6H3/t9-,10-/m1/s1. The topological polar surface area (TPSA) is 12.0 Å². The van der Waals surface area contributed by atoms with Crippen molar-refractivity contribution in [3.8, 4) is 0 Å². The van der Waals surface area contributed by atoms with Crippen molar-refractivity contribution < 1.29 is 0 Å². The molecule has 11 heavy (non-hydrogen) atoms. The normalized spacial score (nSPS) is 17.5. The molecule has 0 aliphatic heterocycles. The van der Waals surface area contributed by atoms with Crippen molar-refractivity contribution in [3.05, 3.63) is 0 Å². The van der Waals surface area contributed by atoms with E-state index in [0.717, 1.165) is 11.8 Å². The van der Waals surface area contributed by atoms with Crippen LogP contribution in [0.3, 0.4) is 0 Å². The second kappa shape index (κ2) is 4.76. The van der Waals surface area contributed by atoms with Crippen LogP contribution in [0.4, 0.5) is 0 Å². The van der Waals surface area contributed by atoms with Crippen LogP contribution in [0, 0.1) is 11.8 Å². The Morgan fingerprint density at radius 1 is 0.818 bits per heavy atom. The van der Waals surface area contributed by atoms with Gasteiger partial charge in [0, 0.05) is 12.1 Å². The van der Waals surface area contributed by atoms with Gasteiger partial charge >= 0.3 is 0 Å². The first-order valence-corrected chi connectivity index (χ1v) is 4.71. The van der Waals surface area contributed by atoms with Crippen LogP contribution in [0.1, 0.15) is 41.5 Å². The largest absolute Gasteiger partial charge is 0.312 e. The van der Waals surface area contributed by atoms with E-state index in [2.05, 4.69) is 46.9 Å². The summed E-state index contributed by atoms with van der Waals surface area (Å²) in [6.45, 7) is 13.5. The van der Waals surface area contributed by atoms with Crippen LogP contribution in [0.2, 0.25) is 0 Å². The number of hydrogen-bond acceptors (Lipinski definition) is 1. The third-order valence-corrected chi connectivity index (χ3v) is 2.44. The van der Waals surface area contributed by atoms with E-state index in [1.165, 1.54) is 0 Å². The van der Waals surface area contributed by atoms with Crippen molar-refractivity contribution in [3.63, 3.8) is 0 Å². The van der Waals surface area contributed by atoms with E-state index >= 15 is 0 Å². The molecule has 1 heteroatoms. The Hall–Kier alpha value is -0.0400. The molecule has 0 spiro atoms. The lowest BCUT2D eigenvalue weighted by atomic mass is 9.91. The highest BCUT2D eigenvalue weighted by Crippen LogP contribution is 2.14. The monoisotopic (exact) mass is 157 g/mol. The molecule has 0 fully saturated rings. The lowest BCUT2D eigenvalue weighted by Crippen LogP contribution is -2.38. The Bertz CT molecular complexity index is 97.0. The van der Waals surface area contributed by atoms with E-state index in [9.17, 15) is 0 Å². The fraction of sp³-hybridized carbons (Fsp3) is 1.00.